The maximum atomic E-state index is 13.6. The number of phenols is 1. The van der Waals surface area contributed by atoms with Gasteiger partial charge in [0.25, 0.3) is 0 Å². The van der Waals surface area contributed by atoms with Crippen molar-refractivity contribution in [1.82, 2.24) is 10.2 Å². The highest BCUT2D eigenvalue weighted by Crippen LogP contribution is 2.47. The third-order valence-electron chi connectivity index (χ3n) is 7.87. The van der Waals surface area contributed by atoms with Gasteiger partial charge in [-0.25, -0.2) is 4.39 Å². The lowest BCUT2D eigenvalue weighted by molar-refractivity contribution is -0.128. The predicted molar refractivity (Wildman–Crippen MR) is 175 cm³/mol. The fourth-order valence-corrected chi connectivity index (χ4v) is 5.89. The Kier molecular flexibility index (Phi) is 10.6. The van der Waals surface area contributed by atoms with Crippen LogP contribution in [0.1, 0.15) is 27.7 Å². The largest absolute Gasteiger partial charge is 0.508 e. The topological polar surface area (TPSA) is 89.5 Å². The van der Waals surface area contributed by atoms with E-state index in [0.29, 0.717) is 31.3 Å². The number of likely N-dealkylation sites (tertiary alicyclic amines) is 1. The number of aromatic hydroxyl groups is 1. The fourth-order valence-electron chi connectivity index (χ4n) is 4.72. The van der Waals surface area contributed by atoms with Gasteiger partial charge in [-0.05, 0) is 72.5 Å². The zero-order valence-electron chi connectivity index (χ0n) is 26.2. The van der Waals surface area contributed by atoms with Crippen molar-refractivity contribution in [3.8, 4) is 33.4 Å². The number of rotatable bonds is 14. The lowest BCUT2D eigenvalue weighted by Gasteiger charge is -2.38. The van der Waals surface area contributed by atoms with Gasteiger partial charge >= 0.3 is 0 Å². The highest BCUT2D eigenvalue weighted by atomic mass is 32.1. The molecule has 4 aromatic rings. The number of benzene rings is 3. The van der Waals surface area contributed by atoms with E-state index in [1.807, 2.05) is 37.3 Å². The molecule has 0 radical (unpaired) electrons. The van der Waals surface area contributed by atoms with Crippen molar-refractivity contribution >= 4 is 27.3 Å². The lowest BCUT2D eigenvalue weighted by Crippen LogP contribution is -2.53. The second-order valence-corrected chi connectivity index (χ2v) is 13.4. The minimum absolute atomic E-state index is 0.00602. The summed E-state index contributed by atoms with van der Waals surface area (Å²) in [5.41, 5.74) is 0.844. The molecule has 1 amide bonds. The first-order chi connectivity index (χ1) is 21.5. The first-order valence-electron chi connectivity index (χ1n) is 15.2. The molecule has 1 aromatic heterocycles. The molecule has 8 nitrogen and oxygen atoms in total. The van der Waals surface area contributed by atoms with Gasteiger partial charge in [0, 0.05) is 35.8 Å². The number of nitrogens with zero attached hydrogens (tertiary/aromatic N) is 1. The van der Waals surface area contributed by atoms with Crippen molar-refractivity contribution in [2.45, 2.75) is 39.8 Å². The molecule has 240 valence electrons. The van der Waals surface area contributed by atoms with E-state index >= 15 is 0 Å². The Morgan fingerprint density at radius 2 is 1.73 bits per heavy atom. The Bertz CT molecular complexity index is 1560. The zero-order chi connectivity index (χ0) is 32.0. The maximum Gasteiger partial charge on any atom is 0.246 e. The molecule has 1 aliphatic rings. The van der Waals surface area contributed by atoms with E-state index in [4.69, 9.17) is 18.9 Å². The summed E-state index contributed by atoms with van der Waals surface area (Å²) >= 11 is 1.48. The van der Waals surface area contributed by atoms with Crippen LogP contribution < -0.4 is 14.8 Å². The monoisotopic (exact) mass is 636 g/mol. The number of amides is 1. The number of hydrogen-bond acceptors (Lipinski definition) is 8. The summed E-state index contributed by atoms with van der Waals surface area (Å²) in [7, 11) is 0. The molecule has 2 N–H and O–H groups in total. The summed E-state index contributed by atoms with van der Waals surface area (Å²) in [4.78, 5) is 15.1. The van der Waals surface area contributed by atoms with Crippen molar-refractivity contribution in [3.63, 3.8) is 0 Å². The summed E-state index contributed by atoms with van der Waals surface area (Å²) in [6.45, 7) is 12.2. The van der Waals surface area contributed by atoms with Gasteiger partial charge in [-0.15, -0.1) is 11.3 Å². The van der Waals surface area contributed by atoms with Crippen LogP contribution in [-0.2, 0) is 14.3 Å². The molecule has 2 heterocycles. The Balaban J connectivity index is 1.02. The Hall–Kier alpha value is -3.70. The smallest absolute Gasteiger partial charge is 0.246 e. The predicted octanol–water partition coefficient (Wildman–Crippen LogP) is 6.85. The van der Waals surface area contributed by atoms with Crippen LogP contribution >= 0.6 is 11.3 Å². The third kappa shape index (κ3) is 8.94. The normalized spacial score (nSPS) is 14.7. The zero-order valence-corrected chi connectivity index (χ0v) is 27.0. The molecule has 1 aliphatic heterocycles. The van der Waals surface area contributed by atoms with Crippen molar-refractivity contribution < 1.29 is 33.2 Å². The average molecular weight is 637 g/mol. The number of thiophene rings is 1. The molecule has 0 bridgehead atoms. The molecule has 1 atom stereocenters. The van der Waals surface area contributed by atoms with Gasteiger partial charge in [0.1, 0.15) is 36.3 Å². The molecule has 1 saturated heterocycles. The molecule has 0 spiro atoms. The van der Waals surface area contributed by atoms with Crippen LogP contribution in [0.5, 0.6) is 23.0 Å². The van der Waals surface area contributed by atoms with E-state index in [1.165, 1.54) is 23.5 Å². The summed E-state index contributed by atoms with van der Waals surface area (Å²) in [5, 5.41) is 13.8. The summed E-state index contributed by atoms with van der Waals surface area (Å²) in [6.07, 6.45) is 0.164. The highest BCUT2D eigenvalue weighted by molar-refractivity contribution is 7.22. The Labute approximate surface area is 267 Å². The van der Waals surface area contributed by atoms with Gasteiger partial charge in [-0.2, -0.15) is 0 Å². The van der Waals surface area contributed by atoms with Crippen molar-refractivity contribution in [2.75, 3.05) is 46.1 Å². The van der Waals surface area contributed by atoms with Crippen LogP contribution in [0.25, 0.3) is 20.5 Å². The maximum absolute atomic E-state index is 13.6. The second-order valence-electron chi connectivity index (χ2n) is 12.3. The molecule has 1 unspecified atom stereocenters. The van der Waals surface area contributed by atoms with Crippen LogP contribution in [0.15, 0.2) is 66.7 Å². The van der Waals surface area contributed by atoms with E-state index in [2.05, 4.69) is 31.0 Å². The molecular weight excluding hydrogens is 595 g/mol. The molecule has 5 rings (SSSR count). The number of carbonyl (C=O) groups is 1. The van der Waals surface area contributed by atoms with Crippen molar-refractivity contribution in [2.24, 2.45) is 5.41 Å². The molecule has 0 saturated carbocycles. The van der Waals surface area contributed by atoms with Crippen molar-refractivity contribution in [3.05, 3.63) is 72.5 Å². The van der Waals surface area contributed by atoms with E-state index in [1.54, 1.807) is 24.3 Å². The Morgan fingerprint density at radius 3 is 2.44 bits per heavy atom. The van der Waals surface area contributed by atoms with Gasteiger partial charge in [0.2, 0.25) is 5.91 Å². The molecular formula is C35H41FN2O6S. The van der Waals surface area contributed by atoms with Gasteiger partial charge < -0.3 is 29.4 Å². The minimum Gasteiger partial charge on any atom is -0.508 e. The quantitative estimate of drug-likeness (QED) is 0.146. The van der Waals surface area contributed by atoms with E-state index in [0.717, 1.165) is 45.9 Å². The summed E-state index contributed by atoms with van der Waals surface area (Å²) in [6, 6.07) is 19.0. The molecule has 45 heavy (non-hydrogen) atoms. The highest BCUT2D eigenvalue weighted by Gasteiger charge is 2.27. The van der Waals surface area contributed by atoms with Gasteiger partial charge in [0.05, 0.1) is 24.2 Å². The van der Waals surface area contributed by atoms with Crippen LogP contribution in [0.2, 0.25) is 0 Å². The SMILES string of the molecule is CC(NC(=O)COCCOC1CN(CCOc2ccc(Oc3c(-c4ccc(F)cc4)sc4cc(O)ccc34)cc2)C1)C(C)(C)C. The second kappa shape index (κ2) is 14.6. The van der Waals surface area contributed by atoms with Gasteiger partial charge in [-0.1, -0.05) is 32.9 Å². The van der Waals surface area contributed by atoms with Gasteiger partial charge in [-0.3, -0.25) is 9.69 Å². The number of ether oxygens (including phenoxy) is 4. The number of carbonyl (C=O) groups excluding carboxylic acids is 1. The number of halogens is 1. The third-order valence-corrected chi connectivity index (χ3v) is 9.05. The molecule has 3 aromatic carbocycles. The summed E-state index contributed by atoms with van der Waals surface area (Å²) in [5.74, 6) is 1.82. The number of fused-ring (bicyclic) bond motifs is 1. The average Bonchev–Trinajstić information content (AvgIpc) is 3.32. The number of nitrogens with one attached hydrogen (secondary N) is 1. The molecule has 0 aliphatic carbocycles. The van der Waals surface area contributed by atoms with E-state index < -0.39 is 0 Å². The summed E-state index contributed by atoms with van der Waals surface area (Å²) < 4.78 is 38.0. The first kappa shape index (κ1) is 32.7. The van der Waals surface area contributed by atoms with Crippen LogP contribution in [-0.4, -0.2) is 74.1 Å². The van der Waals surface area contributed by atoms with Crippen LogP contribution in [0.3, 0.4) is 0 Å². The fraction of sp³-hybridized carbons (Fsp3) is 0.400. The van der Waals surface area contributed by atoms with Crippen LogP contribution in [0.4, 0.5) is 4.39 Å². The lowest BCUT2D eigenvalue weighted by atomic mass is 9.88. The van der Waals surface area contributed by atoms with Crippen LogP contribution in [0, 0.1) is 11.2 Å². The van der Waals surface area contributed by atoms with Gasteiger partial charge in [0.15, 0.2) is 5.75 Å². The molecule has 1 fully saturated rings. The number of phenolic OH excluding ortho intramolecular Hbond substituents is 1. The first-order valence-corrected chi connectivity index (χ1v) is 16.0. The van der Waals surface area contributed by atoms with E-state index in [-0.39, 0.29) is 41.6 Å². The molecule has 10 heteroatoms. The Morgan fingerprint density at radius 1 is 1.02 bits per heavy atom. The van der Waals surface area contributed by atoms with E-state index in [9.17, 15) is 14.3 Å². The number of hydrogen-bond donors (Lipinski definition) is 2. The standard InChI is InChI=1S/C35H41FN2O6S/c1-23(35(2,3)4)37-32(40)22-41-17-18-43-29-20-38(21-29)15-16-42-27-10-12-28(13-11-27)44-33-30-14-9-26(39)19-31(30)45-34(33)24-5-7-25(36)8-6-24/h5-14,19,23,29,39H,15-18,20-22H2,1-4H3,(H,37,40). The van der Waals surface area contributed by atoms with Crippen molar-refractivity contribution in [1.29, 1.82) is 0 Å². The minimum atomic E-state index is -0.302.